The molecule has 0 bridgehead atoms. The molecule has 6 heteroatoms. The summed E-state index contributed by atoms with van der Waals surface area (Å²) in [5, 5.41) is 2.88. The van der Waals surface area contributed by atoms with Crippen molar-refractivity contribution in [2.45, 2.75) is 0 Å². The highest BCUT2D eigenvalue weighted by molar-refractivity contribution is 9.10. The van der Waals surface area contributed by atoms with Gasteiger partial charge in [-0.25, -0.2) is 9.97 Å². The van der Waals surface area contributed by atoms with Crippen LogP contribution in [0.25, 0.3) is 27.8 Å². The van der Waals surface area contributed by atoms with Crippen LogP contribution >= 0.6 is 43.5 Å². The van der Waals surface area contributed by atoms with Gasteiger partial charge in [0.05, 0.1) is 0 Å². The average Bonchev–Trinajstić information content (AvgIpc) is 2.81. The second-order valence-corrected chi connectivity index (χ2v) is 6.72. The Balaban J connectivity index is 2.16. The van der Waals surface area contributed by atoms with Gasteiger partial charge in [-0.3, -0.25) is 4.40 Å². The molecule has 2 aromatic carbocycles. The maximum atomic E-state index is 5.99. The number of halogens is 3. The van der Waals surface area contributed by atoms with Gasteiger partial charge in [0.25, 0.3) is 0 Å². The molecule has 0 saturated carbocycles. The van der Waals surface area contributed by atoms with Gasteiger partial charge >= 0.3 is 0 Å². The van der Waals surface area contributed by atoms with E-state index in [2.05, 4.69) is 54.0 Å². The van der Waals surface area contributed by atoms with Gasteiger partial charge in [0.2, 0.25) is 4.73 Å². The van der Waals surface area contributed by atoms with Crippen LogP contribution < -0.4 is 0 Å². The minimum Gasteiger partial charge on any atom is -0.271 e. The molecule has 0 fully saturated rings. The monoisotopic (exact) mass is 435 g/mol. The third kappa shape index (κ3) is 2.16. The first-order valence-corrected chi connectivity index (χ1v) is 8.49. The van der Waals surface area contributed by atoms with Gasteiger partial charge in [0, 0.05) is 21.4 Å². The number of aromatic nitrogens is 3. The first-order valence-electron chi connectivity index (χ1n) is 6.53. The number of rotatable bonds is 1. The van der Waals surface area contributed by atoms with E-state index in [1.807, 2.05) is 40.8 Å². The molecule has 0 aliphatic heterocycles. The van der Waals surface area contributed by atoms with Crippen LogP contribution in [0.15, 0.2) is 57.9 Å². The fourth-order valence-electron chi connectivity index (χ4n) is 2.54. The Morgan fingerprint density at radius 2 is 1.55 bits per heavy atom. The molecule has 2 aromatic heterocycles. The number of benzene rings is 2. The second-order valence-electron chi connectivity index (χ2n) is 4.82. The molecule has 22 heavy (non-hydrogen) atoms. The van der Waals surface area contributed by atoms with Crippen molar-refractivity contribution < 1.29 is 0 Å². The van der Waals surface area contributed by atoms with Gasteiger partial charge < -0.3 is 0 Å². The summed E-state index contributed by atoms with van der Waals surface area (Å²) in [6, 6.07) is 15.8. The third-order valence-corrected chi connectivity index (χ3v) is 4.90. The summed E-state index contributed by atoms with van der Waals surface area (Å²) in [5.74, 6) is 0.802. The molecule has 0 radical (unpaired) electrons. The summed E-state index contributed by atoms with van der Waals surface area (Å²) in [4.78, 5) is 9.09. The van der Waals surface area contributed by atoms with Crippen LogP contribution in [0, 0.1) is 0 Å². The average molecular weight is 438 g/mol. The zero-order valence-electron chi connectivity index (χ0n) is 11.1. The molecule has 4 rings (SSSR count). The van der Waals surface area contributed by atoms with E-state index >= 15 is 0 Å². The lowest BCUT2D eigenvalue weighted by Gasteiger charge is -2.07. The largest absolute Gasteiger partial charge is 0.271 e. The number of fused-ring (bicyclic) bond motifs is 3. The van der Waals surface area contributed by atoms with Crippen LogP contribution in [0.2, 0.25) is 5.02 Å². The molecule has 4 aromatic rings. The highest BCUT2D eigenvalue weighted by Crippen LogP contribution is 2.34. The van der Waals surface area contributed by atoms with Gasteiger partial charge in [-0.05, 0) is 56.1 Å². The molecule has 0 unspecified atom stereocenters. The molecule has 0 amide bonds. The van der Waals surface area contributed by atoms with Crippen molar-refractivity contribution in [1.29, 1.82) is 0 Å². The van der Waals surface area contributed by atoms with E-state index in [0.717, 1.165) is 32.4 Å². The Kier molecular flexibility index (Phi) is 3.44. The van der Waals surface area contributed by atoms with Crippen LogP contribution in [0.3, 0.4) is 0 Å². The van der Waals surface area contributed by atoms with Gasteiger partial charge in [-0.2, -0.15) is 0 Å². The molecule has 0 aliphatic carbocycles. The molecule has 0 atom stereocenters. The first-order chi connectivity index (χ1) is 10.6. The quantitative estimate of drug-likeness (QED) is 0.381. The second kappa shape index (κ2) is 5.33. The topological polar surface area (TPSA) is 30.2 Å². The number of hydrogen-bond acceptors (Lipinski definition) is 2. The normalized spacial score (nSPS) is 11.4. The van der Waals surface area contributed by atoms with Gasteiger partial charge in [0.15, 0.2) is 0 Å². The van der Waals surface area contributed by atoms with Crippen molar-refractivity contribution in [2.24, 2.45) is 0 Å². The predicted molar refractivity (Wildman–Crippen MR) is 96.3 cm³/mol. The van der Waals surface area contributed by atoms with Gasteiger partial charge in [0.1, 0.15) is 16.1 Å². The number of hydrogen-bond donors (Lipinski definition) is 0. The summed E-state index contributed by atoms with van der Waals surface area (Å²) < 4.78 is 3.51. The predicted octanol–water partition coefficient (Wildman–Crippen LogP) is 5.73. The van der Waals surface area contributed by atoms with E-state index < -0.39 is 0 Å². The van der Waals surface area contributed by atoms with Crippen molar-refractivity contribution in [1.82, 2.24) is 14.4 Å². The first kappa shape index (κ1) is 14.2. The lowest BCUT2D eigenvalue weighted by molar-refractivity contribution is 0.998. The fourth-order valence-corrected chi connectivity index (χ4v) is 3.68. The van der Waals surface area contributed by atoms with Crippen LogP contribution in [0.1, 0.15) is 0 Å². The van der Waals surface area contributed by atoms with E-state index in [4.69, 9.17) is 11.6 Å². The van der Waals surface area contributed by atoms with Crippen LogP contribution in [0.4, 0.5) is 0 Å². The lowest BCUT2D eigenvalue weighted by Crippen LogP contribution is -1.99. The molecule has 2 heterocycles. The standard InChI is InChI=1S/C16H8Br2ClN3/c17-13-11-3-1-2-4-12(11)15-21-16(18)20-14(22(13)15)9-5-7-10(19)8-6-9/h1-8H. The minimum absolute atomic E-state index is 0.556. The summed E-state index contributed by atoms with van der Waals surface area (Å²) in [7, 11) is 0. The third-order valence-electron chi connectivity index (χ3n) is 3.51. The van der Waals surface area contributed by atoms with E-state index in [-0.39, 0.29) is 0 Å². The number of nitrogens with zero attached hydrogens (tertiary/aromatic N) is 3. The molecule has 0 N–H and O–H groups in total. The Bertz CT molecular complexity index is 1010. The molecule has 0 saturated heterocycles. The summed E-state index contributed by atoms with van der Waals surface area (Å²) >= 11 is 13.1. The van der Waals surface area contributed by atoms with Crippen LogP contribution in [-0.4, -0.2) is 14.4 Å². The highest BCUT2D eigenvalue weighted by Gasteiger charge is 2.16. The zero-order chi connectivity index (χ0) is 15.3. The Hall–Kier alpha value is -1.43. The van der Waals surface area contributed by atoms with E-state index in [1.165, 1.54) is 0 Å². The molecule has 0 aliphatic rings. The van der Waals surface area contributed by atoms with E-state index in [0.29, 0.717) is 9.76 Å². The fraction of sp³-hybridized carbons (Fsp3) is 0. The van der Waals surface area contributed by atoms with Gasteiger partial charge in [-0.15, -0.1) is 0 Å². The highest BCUT2D eigenvalue weighted by atomic mass is 79.9. The zero-order valence-corrected chi connectivity index (χ0v) is 15.0. The maximum absolute atomic E-state index is 5.99. The molecule has 108 valence electrons. The SMILES string of the molecule is Clc1ccc(-c2nc(Br)nc3c4ccccc4c(Br)n23)cc1. The van der Waals surface area contributed by atoms with Crippen molar-refractivity contribution in [3.05, 3.63) is 62.9 Å². The summed E-state index contributed by atoms with van der Waals surface area (Å²) in [6.45, 7) is 0. The van der Waals surface area contributed by atoms with Crippen LogP contribution in [0.5, 0.6) is 0 Å². The van der Waals surface area contributed by atoms with E-state index in [1.54, 1.807) is 0 Å². The van der Waals surface area contributed by atoms with Crippen molar-refractivity contribution in [3.8, 4) is 11.4 Å². The van der Waals surface area contributed by atoms with Crippen molar-refractivity contribution in [2.75, 3.05) is 0 Å². The summed E-state index contributed by atoms with van der Waals surface area (Å²) in [6.07, 6.45) is 0. The van der Waals surface area contributed by atoms with Crippen molar-refractivity contribution >= 4 is 59.9 Å². The van der Waals surface area contributed by atoms with Crippen molar-refractivity contribution in [3.63, 3.8) is 0 Å². The minimum atomic E-state index is 0.556. The smallest absolute Gasteiger partial charge is 0.200 e. The lowest BCUT2D eigenvalue weighted by atomic mass is 10.2. The molecular weight excluding hydrogens is 429 g/mol. The molecule has 0 spiro atoms. The molecular formula is C16H8Br2ClN3. The van der Waals surface area contributed by atoms with E-state index in [9.17, 15) is 0 Å². The Morgan fingerprint density at radius 3 is 2.27 bits per heavy atom. The summed E-state index contributed by atoms with van der Waals surface area (Å²) in [5.41, 5.74) is 1.83. The Morgan fingerprint density at radius 1 is 0.864 bits per heavy atom. The maximum Gasteiger partial charge on any atom is 0.200 e. The van der Waals surface area contributed by atoms with Crippen LogP contribution in [-0.2, 0) is 0 Å². The Labute approximate surface area is 148 Å². The van der Waals surface area contributed by atoms with Gasteiger partial charge in [-0.1, -0.05) is 35.9 Å². The molecule has 3 nitrogen and oxygen atoms in total.